The Hall–Kier alpha value is -3.23. The van der Waals surface area contributed by atoms with E-state index >= 15 is 0 Å². The third kappa shape index (κ3) is 5.58. The van der Waals surface area contributed by atoms with Gasteiger partial charge in [-0.2, -0.15) is 0 Å². The number of aliphatic hydroxyl groups is 2. The van der Waals surface area contributed by atoms with Crippen LogP contribution in [0.4, 0.5) is 5.69 Å². The lowest BCUT2D eigenvalue weighted by molar-refractivity contribution is 0.00761. The van der Waals surface area contributed by atoms with Crippen molar-refractivity contribution in [2.75, 3.05) is 24.6 Å². The Labute approximate surface area is 240 Å². The normalized spacial score (nSPS) is 16.8. The van der Waals surface area contributed by atoms with Crippen molar-refractivity contribution >= 4 is 52.2 Å². The molecule has 39 heavy (non-hydrogen) atoms. The van der Waals surface area contributed by atoms with Gasteiger partial charge < -0.3 is 25.0 Å². The first-order valence-corrected chi connectivity index (χ1v) is 13.4. The van der Waals surface area contributed by atoms with E-state index in [1.165, 1.54) is 6.07 Å². The van der Waals surface area contributed by atoms with Crippen LogP contribution in [-0.2, 0) is 5.60 Å². The fourth-order valence-corrected chi connectivity index (χ4v) is 5.59. The van der Waals surface area contributed by atoms with Gasteiger partial charge in [0.1, 0.15) is 23.7 Å². The monoisotopic (exact) mass is 586 g/mol. The minimum absolute atomic E-state index is 0.00597. The van der Waals surface area contributed by atoms with Gasteiger partial charge in [-0.05, 0) is 55.3 Å². The van der Waals surface area contributed by atoms with Crippen molar-refractivity contribution in [3.63, 3.8) is 0 Å². The molecule has 1 saturated carbocycles. The van der Waals surface area contributed by atoms with Crippen LogP contribution in [0.1, 0.15) is 34.3 Å². The van der Waals surface area contributed by atoms with Crippen molar-refractivity contribution in [1.82, 2.24) is 0 Å². The molecule has 1 heterocycles. The Morgan fingerprint density at radius 3 is 2.26 bits per heavy atom. The molecule has 5 rings (SSSR count). The maximum atomic E-state index is 11.3. The van der Waals surface area contributed by atoms with Gasteiger partial charge in [0.2, 0.25) is 0 Å². The number of benzene rings is 3. The largest absolute Gasteiger partial charge is 0.512 e. The average molecular weight is 588 g/mol. The molecule has 4 N–H and O–H groups in total. The fourth-order valence-electron chi connectivity index (χ4n) is 4.66. The quantitative estimate of drug-likeness (QED) is 0.163. The summed E-state index contributed by atoms with van der Waals surface area (Å²) in [6.07, 6.45) is 1.66. The van der Waals surface area contributed by atoms with E-state index < -0.39 is 11.6 Å². The van der Waals surface area contributed by atoms with Crippen LogP contribution >= 0.6 is 34.8 Å². The molecular weight excluding hydrogens is 563 g/mol. The molecule has 0 radical (unpaired) electrons. The highest BCUT2D eigenvalue weighted by molar-refractivity contribution is 6.41. The number of carbonyl (C=O) groups is 1. The van der Waals surface area contributed by atoms with E-state index in [9.17, 15) is 20.1 Å². The second-order valence-corrected chi connectivity index (χ2v) is 11.0. The predicted molar refractivity (Wildman–Crippen MR) is 152 cm³/mol. The molecule has 2 fully saturated rings. The van der Waals surface area contributed by atoms with Crippen LogP contribution in [0, 0.1) is 11.3 Å². The number of nitrogens with one attached hydrogen (secondary N) is 1. The lowest BCUT2D eigenvalue weighted by Crippen LogP contribution is -2.59. The van der Waals surface area contributed by atoms with Gasteiger partial charge >= 0.3 is 5.97 Å². The highest BCUT2D eigenvalue weighted by Crippen LogP contribution is 2.41. The summed E-state index contributed by atoms with van der Waals surface area (Å²) in [6.45, 7) is 0.387. The molecule has 0 amide bonds. The molecule has 7 nitrogen and oxygen atoms in total. The number of halogens is 3. The second kappa shape index (κ2) is 10.7. The van der Waals surface area contributed by atoms with Crippen LogP contribution in [0.5, 0.6) is 5.75 Å². The summed E-state index contributed by atoms with van der Waals surface area (Å²) < 4.78 is 5.94. The van der Waals surface area contributed by atoms with E-state index in [0.29, 0.717) is 43.2 Å². The van der Waals surface area contributed by atoms with Gasteiger partial charge in [0.15, 0.2) is 0 Å². The maximum Gasteiger partial charge on any atom is 0.335 e. The molecule has 0 unspecified atom stereocenters. The minimum atomic E-state index is -1.22. The molecule has 1 aliphatic heterocycles. The summed E-state index contributed by atoms with van der Waals surface area (Å²) in [4.78, 5) is 13.1. The molecule has 3 aromatic rings. The number of ether oxygens (including phenoxy) is 1. The number of aromatic carboxylic acids is 1. The number of rotatable bonds is 9. The van der Waals surface area contributed by atoms with Gasteiger partial charge in [0.25, 0.3) is 0 Å². The molecule has 0 atom stereocenters. The summed E-state index contributed by atoms with van der Waals surface area (Å²) in [7, 11) is 0. The van der Waals surface area contributed by atoms with Crippen molar-refractivity contribution in [2.24, 2.45) is 5.92 Å². The first-order chi connectivity index (χ1) is 18.6. The van der Waals surface area contributed by atoms with Gasteiger partial charge in [-0.3, -0.25) is 5.41 Å². The van der Waals surface area contributed by atoms with E-state index in [2.05, 4.69) is 0 Å². The van der Waals surface area contributed by atoms with E-state index in [-0.39, 0.29) is 42.6 Å². The van der Waals surface area contributed by atoms with Gasteiger partial charge in [-0.25, -0.2) is 4.79 Å². The third-order valence-electron chi connectivity index (χ3n) is 6.98. The Kier molecular flexibility index (Phi) is 7.53. The maximum absolute atomic E-state index is 11.3. The summed E-state index contributed by atoms with van der Waals surface area (Å²) in [5, 5.41) is 40.9. The molecule has 1 aliphatic carbocycles. The molecule has 0 aromatic heterocycles. The zero-order valence-electron chi connectivity index (χ0n) is 20.6. The van der Waals surface area contributed by atoms with Crippen LogP contribution in [0.2, 0.25) is 15.1 Å². The van der Waals surface area contributed by atoms with E-state index in [1.807, 2.05) is 4.90 Å². The molecule has 0 bridgehead atoms. The van der Waals surface area contributed by atoms with E-state index in [1.54, 1.807) is 54.6 Å². The molecule has 2 aliphatic rings. The third-order valence-corrected chi connectivity index (χ3v) is 7.92. The summed E-state index contributed by atoms with van der Waals surface area (Å²) in [6, 6.07) is 16.4. The Balaban J connectivity index is 1.30. The van der Waals surface area contributed by atoms with E-state index in [0.717, 1.165) is 12.8 Å². The van der Waals surface area contributed by atoms with Crippen molar-refractivity contribution in [1.29, 1.82) is 5.41 Å². The van der Waals surface area contributed by atoms with Crippen molar-refractivity contribution in [2.45, 2.75) is 18.4 Å². The number of carboxylic acids is 1. The lowest BCUT2D eigenvalue weighted by Gasteiger charge is -2.48. The zero-order valence-corrected chi connectivity index (χ0v) is 22.9. The minimum Gasteiger partial charge on any atom is -0.512 e. The molecule has 1 saturated heterocycles. The first-order valence-electron chi connectivity index (χ1n) is 12.3. The Morgan fingerprint density at radius 2 is 1.64 bits per heavy atom. The van der Waals surface area contributed by atoms with Crippen LogP contribution < -0.4 is 9.64 Å². The zero-order chi connectivity index (χ0) is 27.9. The fraction of sp³-hybridized carbons (Fsp3) is 0.241. The standard InChI is InChI=1S/C29H25Cl3N2O5/c30-22-5-2-6-23(31)25(22)26(33)20(27(35)16-7-8-16)13-39-19-9-10-21(24(32)12-19)29(38)14-34(15-29)18-4-1-3-17(11-18)28(36)37/h1-6,9-12,16,33,35,38H,7-8,13-15H2,(H,36,37)/b27-20-,33-26?. The number of hydrogen-bond donors (Lipinski definition) is 4. The van der Waals surface area contributed by atoms with Crippen LogP contribution in [0.3, 0.4) is 0 Å². The number of anilines is 1. The smallest absolute Gasteiger partial charge is 0.335 e. The summed E-state index contributed by atoms with van der Waals surface area (Å²) >= 11 is 19.2. The van der Waals surface area contributed by atoms with Gasteiger partial charge in [0.05, 0.1) is 45.0 Å². The SMILES string of the molecule is N=C(/C(COc1ccc(C2(O)CN(c3cccc(C(=O)O)c3)C2)c(Cl)c1)=C(\O)C1CC1)c1c(Cl)cccc1Cl. The molecule has 10 heteroatoms. The summed E-state index contributed by atoms with van der Waals surface area (Å²) in [5.74, 6) is -0.547. The van der Waals surface area contributed by atoms with Gasteiger partial charge in [0, 0.05) is 22.7 Å². The number of hydrogen-bond acceptors (Lipinski definition) is 6. The number of β-amino-alcohol motifs (C(OH)–C–C–N with tert-alkyl or cyclic N) is 1. The van der Waals surface area contributed by atoms with Crippen molar-refractivity contribution in [3.05, 3.63) is 104 Å². The highest BCUT2D eigenvalue weighted by Gasteiger charge is 2.44. The molecule has 3 aromatic carbocycles. The number of aliphatic hydroxyl groups excluding tert-OH is 1. The van der Waals surface area contributed by atoms with Crippen molar-refractivity contribution < 1.29 is 24.9 Å². The number of carboxylic acid groups (broad SMARTS) is 1. The van der Waals surface area contributed by atoms with Crippen LogP contribution in [0.25, 0.3) is 0 Å². The van der Waals surface area contributed by atoms with Crippen molar-refractivity contribution in [3.8, 4) is 5.75 Å². The van der Waals surface area contributed by atoms with Gasteiger partial charge in [-0.15, -0.1) is 0 Å². The number of allylic oxidation sites excluding steroid dienone is 1. The van der Waals surface area contributed by atoms with E-state index in [4.69, 9.17) is 44.9 Å². The lowest BCUT2D eigenvalue weighted by atomic mass is 9.85. The summed E-state index contributed by atoms with van der Waals surface area (Å²) in [5.41, 5.74) is 0.797. The topological polar surface area (TPSA) is 114 Å². The highest BCUT2D eigenvalue weighted by atomic mass is 35.5. The van der Waals surface area contributed by atoms with Crippen LogP contribution in [0.15, 0.2) is 72.0 Å². The Bertz CT molecular complexity index is 1480. The number of nitrogens with zero attached hydrogens (tertiary/aromatic N) is 1. The average Bonchev–Trinajstić information content (AvgIpc) is 3.72. The molecule has 202 valence electrons. The van der Waals surface area contributed by atoms with Gasteiger partial charge in [-0.1, -0.05) is 53.0 Å². The first kappa shape index (κ1) is 27.3. The molecule has 0 spiro atoms. The predicted octanol–water partition coefficient (Wildman–Crippen LogP) is 6.72. The second-order valence-electron chi connectivity index (χ2n) is 9.78. The van der Waals surface area contributed by atoms with Crippen LogP contribution in [-0.4, -0.2) is 46.7 Å². The molecular formula is C29H25Cl3N2O5. The Morgan fingerprint density at radius 1 is 0.974 bits per heavy atom.